The Kier molecular flexibility index (Phi) is 5.85. The van der Waals surface area contributed by atoms with E-state index in [-0.39, 0.29) is 12.1 Å². The number of hydrogen-bond donors (Lipinski definition) is 1. The standard InChI is InChI=1S/C25H23ClN6O2/c1-15-23(13-34)31(11-16-2-5-20-22(8-16)28-14-29-24(20)27)6-7-32(15)25-21-10-18(26)4-3-17(21)9-19(12-33)30-25/h2-5,8-10,12-15,23H,6-7,11H2,1H3,(H2,27,28,29)/t15-,23?/m0/s1. The first kappa shape index (κ1) is 22.2. The number of nitrogens with two attached hydrogens (primary N) is 1. The van der Waals surface area contributed by atoms with Gasteiger partial charge in [-0.25, -0.2) is 15.0 Å². The summed E-state index contributed by atoms with van der Waals surface area (Å²) in [5.41, 5.74) is 8.10. The maximum Gasteiger partial charge on any atom is 0.168 e. The predicted octanol–water partition coefficient (Wildman–Crippen LogP) is 3.50. The first-order valence-corrected chi connectivity index (χ1v) is 11.4. The summed E-state index contributed by atoms with van der Waals surface area (Å²) in [6.07, 6.45) is 3.18. The van der Waals surface area contributed by atoms with E-state index in [1.165, 1.54) is 6.33 Å². The fourth-order valence-corrected chi connectivity index (χ4v) is 4.89. The Hall–Kier alpha value is -3.62. The molecule has 2 aromatic carbocycles. The topological polar surface area (TPSA) is 105 Å². The van der Waals surface area contributed by atoms with Crippen molar-refractivity contribution in [2.75, 3.05) is 23.7 Å². The van der Waals surface area contributed by atoms with Crippen LogP contribution in [0, 0.1) is 0 Å². The van der Waals surface area contributed by atoms with Crippen LogP contribution in [0.4, 0.5) is 11.6 Å². The summed E-state index contributed by atoms with van der Waals surface area (Å²) in [6, 6.07) is 12.6. The minimum atomic E-state index is -0.365. The summed E-state index contributed by atoms with van der Waals surface area (Å²) in [7, 11) is 0. The van der Waals surface area contributed by atoms with Gasteiger partial charge in [-0.05, 0) is 48.2 Å². The number of nitrogens with zero attached hydrogens (tertiary/aromatic N) is 5. The lowest BCUT2D eigenvalue weighted by Gasteiger charge is -2.45. The average molecular weight is 475 g/mol. The Morgan fingerprint density at radius 2 is 1.94 bits per heavy atom. The van der Waals surface area contributed by atoms with E-state index in [1.807, 2.05) is 37.3 Å². The number of benzene rings is 2. The molecule has 1 saturated heterocycles. The Bertz CT molecular complexity index is 1410. The molecule has 3 heterocycles. The molecule has 9 heteroatoms. The van der Waals surface area contributed by atoms with E-state index in [9.17, 15) is 9.59 Å². The number of fused-ring (bicyclic) bond motifs is 2. The van der Waals surface area contributed by atoms with Crippen LogP contribution < -0.4 is 10.6 Å². The van der Waals surface area contributed by atoms with Crippen molar-refractivity contribution in [2.45, 2.75) is 25.6 Å². The highest BCUT2D eigenvalue weighted by Gasteiger charge is 2.35. The quantitative estimate of drug-likeness (QED) is 0.438. The number of hydrogen-bond acceptors (Lipinski definition) is 8. The van der Waals surface area contributed by atoms with Crippen molar-refractivity contribution in [2.24, 2.45) is 0 Å². The molecule has 0 radical (unpaired) electrons. The van der Waals surface area contributed by atoms with Crippen molar-refractivity contribution in [1.29, 1.82) is 0 Å². The zero-order valence-electron chi connectivity index (χ0n) is 18.6. The van der Waals surface area contributed by atoms with Gasteiger partial charge in [-0.1, -0.05) is 23.7 Å². The third kappa shape index (κ3) is 3.95. The Morgan fingerprint density at radius 3 is 2.74 bits per heavy atom. The molecule has 4 aromatic rings. The van der Waals surface area contributed by atoms with Crippen LogP contribution in [0.3, 0.4) is 0 Å². The van der Waals surface area contributed by atoms with Gasteiger partial charge in [0.25, 0.3) is 0 Å². The molecule has 2 atom stereocenters. The van der Waals surface area contributed by atoms with Crippen molar-refractivity contribution in [3.63, 3.8) is 0 Å². The van der Waals surface area contributed by atoms with Crippen LogP contribution in [-0.4, -0.2) is 57.6 Å². The van der Waals surface area contributed by atoms with Crippen LogP contribution in [0.2, 0.25) is 5.02 Å². The van der Waals surface area contributed by atoms with Gasteiger partial charge < -0.3 is 15.4 Å². The number of nitrogen functional groups attached to an aromatic ring is 1. The number of anilines is 2. The van der Waals surface area contributed by atoms with Gasteiger partial charge in [0.05, 0.1) is 11.6 Å². The van der Waals surface area contributed by atoms with Crippen LogP contribution in [0.25, 0.3) is 21.7 Å². The summed E-state index contributed by atoms with van der Waals surface area (Å²) < 4.78 is 0. The second kappa shape index (κ2) is 8.96. The summed E-state index contributed by atoms with van der Waals surface area (Å²) >= 11 is 6.26. The monoisotopic (exact) mass is 474 g/mol. The molecule has 0 amide bonds. The molecule has 8 nitrogen and oxygen atoms in total. The molecule has 1 fully saturated rings. The molecule has 5 rings (SSSR count). The Balaban J connectivity index is 1.46. The van der Waals surface area contributed by atoms with E-state index in [0.717, 1.165) is 39.8 Å². The highest BCUT2D eigenvalue weighted by Crippen LogP contribution is 2.32. The minimum Gasteiger partial charge on any atom is -0.383 e. The van der Waals surface area contributed by atoms with E-state index in [1.54, 1.807) is 12.1 Å². The zero-order chi connectivity index (χ0) is 23.8. The first-order chi connectivity index (χ1) is 16.5. The molecule has 0 spiro atoms. The molecular weight excluding hydrogens is 452 g/mol. The lowest BCUT2D eigenvalue weighted by Crippen LogP contribution is -2.59. The average Bonchev–Trinajstić information content (AvgIpc) is 2.84. The molecule has 0 aliphatic carbocycles. The highest BCUT2D eigenvalue weighted by molar-refractivity contribution is 6.31. The molecule has 1 aliphatic rings. The molecule has 172 valence electrons. The number of carbonyl (C=O) groups excluding carboxylic acids is 2. The number of aromatic nitrogens is 3. The normalized spacial score (nSPS) is 18.9. The minimum absolute atomic E-state index is 0.166. The van der Waals surface area contributed by atoms with Gasteiger partial charge in [-0.3, -0.25) is 9.69 Å². The van der Waals surface area contributed by atoms with Crippen LogP contribution >= 0.6 is 11.6 Å². The number of carbonyl (C=O) groups is 2. The zero-order valence-corrected chi connectivity index (χ0v) is 19.3. The van der Waals surface area contributed by atoms with E-state index in [4.69, 9.17) is 17.3 Å². The molecule has 1 aliphatic heterocycles. The number of aldehydes is 2. The SMILES string of the molecule is C[C@H]1C(C=O)N(Cc2ccc3c(N)ncnc3c2)CCN1c1nc(C=O)cc2ccc(Cl)cc12. The van der Waals surface area contributed by atoms with Crippen molar-refractivity contribution < 1.29 is 9.59 Å². The lowest BCUT2D eigenvalue weighted by atomic mass is 10.0. The molecule has 2 aromatic heterocycles. The van der Waals surface area contributed by atoms with Gasteiger partial charge >= 0.3 is 0 Å². The Morgan fingerprint density at radius 1 is 1.09 bits per heavy atom. The summed E-state index contributed by atoms with van der Waals surface area (Å²) in [4.78, 5) is 41.0. The van der Waals surface area contributed by atoms with E-state index in [2.05, 4.69) is 24.8 Å². The highest BCUT2D eigenvalue weighted by atomic mass is 35.5. The molecule has 1 unspecified atom stereocenters. The number of piperazine rings is 1. The van der Waals surface area contributed by atoms with Gasteiger partial charge in [0, 0.05) is 41.5 Å². The third-order valence-electron chi connectivity index (χ3n) is 6.48. The molecule has 34 heavy (non-hydrogen) atoms. The Labute approximate surface area is 201 Å². The summed E-state index contributed by atoms with van der Waals surface area (Å²) in [5.74, 6) is 1.11. The van der Waals surface area contributed by atoms with Crippen molar-refractivity contribution in [3.05, 3.63) is 65.1 Å². The van der Waals surface area contributed by atoms with Crippen LogP contribution in [-0.2, 0) is 11.3 Å². The van der Waals surface area contributed by atoms with Crippen LogP contribution in [0.15, 0.2) is 48.8 Å². The molecular formula is C25H23ClN6O2. The lowest BCUT2D eigenvalue weighted by molar-refractivity contribution is -0.113. The molecule has 2 N–H and O–H groups in total. The first-order valence-electron chi connectivity index (χ1n) is 11.0. The summed E-state index contributed by atoms with van der Waals surface area (Å²) in [5, 5.41) is 3.14. The van der Waals surface area contributed by atoms with Gasteiger partial charge in [0.1, 0.15) is 29.9 Å². The largest absolute Gasteiger partial charge is 0.383 e. The number of rotatable bonds is 5. The summed E-state index contributed by atoms with van der Waals surface area (Å²) in [6.45, 7) is 3.89. The third-order valence-corrected chi connectivity index (χ3v) is 6.71. The van der Waals surface area contributed by atoms with E-state index >= 15 is 0 Å². The van der Waals surface area contributed by atoms with E-state index < -0.39 is 0 Å². The van der Waals surface area contributed by atoms with Crippen molar-refractivity contribution >= 4 is 57.5 Å². The van der Waals surface area contributed by atoms with Crippen molar-refractivity contribution in [3.8, 4) is 0 Å². The smallest absolute Gasteiger partial charge is 0.168 e. The van der Waals surface area contributed by atoms with E-state index in [0.29, 0.717) is 42.0 Å². The van der Waals surface area contributed by atoms with Crippen LogP contribution in [0.5, 0.6) is 0 Å². The van der Waals surface area contributed by atoms with Gasteiger partial charge in [0.15, 0.2) is 6.29 Å². The van der Waals surface area contributed by atoms with Crippen LogP contribution in [0.1, 0.15) is 23.0 Å². The van der Waals surface area contributed by atoms with Crippen molar-refractivity contribution in [1.82, 2.24) is 19.9 Å². The van der Waals surface area contributed by atoms with Gasteiger partial charge in [-0.2, -0.15) is 0 Å². The maximum absolute atomic E-state index is 12.2. The van der Waals surface area contributed by atoms with Gasteiger partial charge in [-0.15, -0.1) is 0 Å². The predicted molar refractivity (Wildman–Crippen MR) is 133 cm³/mol. The maximum atomic E-state index is 12.2. The number of pyridine rings is 1. The second-order valence-corrected chi connectivity index (χ2v) is 8.93. The fourth-order valence-electron chi connectivity index (χ4n) is 4.72. The molecule has 0 saturated carbocycles. The second-order valence-electron chi connectivity index (χ2n) is 8.50. The van der Waals surface area contributed by atoms with Gasteiger partial charge in [0.2, 0.25) is 0 Å². The fraction of sp³-hybridized carbons (Fsp3) is 0.240. The molecule has 0 bridgehead atoms. The number of halogens is 1.